The summed E-state index contributed by atoms with van der Waals surface area (Å²) in [5.41, 5.74) is 2.79. The Bertz CT molecular complexity index is 1250. The molecule has 2 amide bonds. The van der Waals surface area contributed by atoms with Crippen LogP contribution in [0.4, 0.5) is 15.6 Å². The Morgan fingerprint density at radius 2 is 1.97 bits per heavy atom. The summed E-state index contributed by atoms with van der Waals surface area (Å²) < 4.78 is 11.5. The highest BCUT2D eigenvalue weighted by Crippen LogP contribution is 2.36. The molecule has 0 atom stereocenters. The van der Waals surface area contributed by atoms with Gasteiger partial charge in [-0.25, -0.2) is 19.7 Å². The topological polar surface area (TPSA) is 107 Å². The predicted octanol–water partition coefficient (Wildman–Crippen LogP) is 4.77. The number of pyridine rings is 2. The van der Waals surface area contributed by atoms with Gasteiger partial charge in [0.1, 0.15) is 28.7 Å². The molecule has 2 saturated carbocycles. The van der Waals surface area contributed by atoms with Gasteiger partial charge in [0.2, 0.25) is 11.8 Å². The molecule has 9 nitrogen and oxygen atoms in total. The summed E-state index contributed by atoms with van der Waals surface area (Å²) >= 11 is 1.35. The molecule has 0 radical (unpaired) electrons. The van der Waals surface area contributed by atoms with Crippen molar-refractivity contribution >= 4 is 44.5 Å². The minimum absolute atomic E-state index is 0.0197. The highest BCUT2D eigenvalue weighted by Gasteiger charge is 2.31. The van der Waals surface area contributed by atoms with Crippen molar-refractivity contribution < 1.29 is 19.1 Å². The first-order chi connectivity index (χ1) is 16.6. The van der Waals surface area contributed by atoms with E-state index < -0.39 is 0 Å². The number of amides is 2. The maximum Gasteiger partial charge on any atom is 0.414 e. The molecule has 2 aliphatic carbocycles. The third-order valence-electron chi connectivity index (χ3n) is 6.45. The van der Waals surface area contributed by atoms with Crippen molar-refractivity contribution in [1.82, 2.24) is 15.0 Å². The fourth-order valence-corrected chi connectivity index (χ4v) is 5.24. The van der Waals surface area contributed by atoms with E-state index >= 15 is 0 Å². The second kappa shape index (κ2) is 8.83. The summed E-state index contributed by atoms with van der Waals surface area (Å²) in [6.07, 6.45) is 8.45. The van der Waals surface area contributed by atoms with Gasteiger partial charge >= 0.3 is 6.09 Å². The lowest BCUT2D eigenvalue weighted by atomic mass is 9.98. The van der Waals surface area contributed by atoms with Crippen molar-refractivity contribution in [2.45, 2.75) is 51.0 Å². The molecule has 0 unspecified atom stereocenters. The molecule has 10 heteroatoms. The van der Waals surface area contributed by atoms with E-state index in [4.69, 9.17) is 14.5 Å². The van der Waals surface area contributed by atoms with Crippen LogP contribution in [-0.4, -0.2) is 46.2 Å². The van der Waals surface area contributed by atoms with Gasteiger partial charge in [0.05, 0.1) is 12.2 Å². The minimum Gasteiger partial charge on any atom is -0.474 e. The Morgan fingerprint density at radius 1 is 1.12 bits per heavy atom. The summed E-state index contributed by atoms with van der Waals surface area (Å²) in [5.74, 6) is 0.560. The molecule has 1 N–H and O–H groups in total. The normalized spacial score (nSPS) is 18.3. The molecule has 3 aromatic rings. The van der Waals surface area contributed by atoms with E-state index in [9.17, 15) is 9.59 Å². The van der Waals surface area contributed by atoms with Crippen molar-refractivity contribution in [3.8, 4) is 17.1 Å². The molecule has 0 saturated heterocycles. The Balaban J connectivity index is 1.25. The number of carbonyl (C=O) groups excluding carboxylic acids is 2. The number of nitrogens with one attached hydrogen (secondary N) is 1. The lowest BCUT2D eigenvalue weighted by Gasteiger charge is -2.30. The Kier molecular flexibility index (Phi) is 5.52. The quantitative estimate of drug-likeness (QED) is 0.574. The van der Waals surface area contributed by atoms with Crippen molar-refractivity contribution in [2.75, 3.05) is 23.4 Å². The molecule has 3 aliphatic rings. The number of anilines is 2. The fourth-order valence-electron chi connectivity index (χ4n) is 4.40. The van der Waals surface area contributed by atoms with Gasteiger partial charge in [-0.05, 0) is 56.7 Å². The van der Waals surface area contributed by atoms with Crippen molar-refractivity contribution in [3.05, 3.63) is 24.4 Å². The smallest absolute Gasteiger partial charge is 0.414 e. The lowest BCUT2D eigenvalue weighted by Crippen LogP contribution is -2.40. The summed E-state index contributed by atoms with van der Waals surface area (Å²) in [4.78, 5) is 41.0. The van der Waals surface area contributed by atoms with Gasteiger partial charge in [-0.2, -0.15) is 0 Å². The molecular formula is C24H25N5O4S. The van der Waals surface area contributed by atoms with Crippen molar-refractivity contribution in [1.29, 1.82) is 0 Å². The van der Waals surface area contributed by atoms with E-state index in [1.807, 2.05) is 18.2 Å². The van der Waals surface area contributed by atoms with Gasteiger partial charge in [-0.15, -0.1) is 0 Å². The van der Waals surface area contributed by atoms with E-state index in [1.54, 1.807) is 11.1 Å². The summed E-state index contributed by atoms with van der Waals surface area (Å²) in [6, 6.07) is 5.62. The lowest BCUT2D eigenvalue weighted by molar-refractivity contribution is -0.117. The summed E-state index contributed by atoms with van der Waals surface area (Å²) in [6.45, 7) is 0.786. The molecule has 34 heavy (non-hydrogen) atoms. The SMILES string of the molecule is O=C(Nc1nc2ccc(-c3cnc4c(c3)N(C(=O)OC3CCCCC3)CCO4)nc2s1)C1CC1. The fraction of sp³-hybridized carbons (Fsp3) is 0.458. The van der Waals surface area contributed by atoms with E-state index in [0.717, 1.165) is 54.4 Å². The molecule has 2 fully saturated rings. The largest absolute Gasteiger partial charge is 0.474 e. The maximum atomic E-state index is 13.0. The Morgan fingerprint density at radius 3 is 2.79 bits per heavy atom. The van der Waals surface area contributed by atoms with Crippen LogP contribution in [0.1, 0.15) is 44.9 Å². The van der Waals surface area contributed by atoms with Crippen LogP contribution in [-0.2, 0) is 9.53 Å². The van der Waals surface area contributed by atoms with Gasteiger partial charge in [-0.1, -0.05) is 17.8 Å². The van der Waals surface area contributed by atoms with Crippen LogP contribution in [0.3, 0.4) is 0 Å². The third-order valence-corrected chi connectivity index (χ3v) is 7.33. The maximum absolute atomic E-state index is 13.0. The second-order valence-corrected chi connectivity index (χ2v) is 9.97. The van der Waals surface area contributed by atoms with Crippen LogP contribution >= 0.6 is 11.3 Å². The van der Waals surface area contributed by atoms with Crippen LogP contribution in [0.5, 0.6) is 5.88 Å². The molecule has 4 heterocycles. The van der Waals surface area contributed by atoms with E-state index in [2.05, 4.69) is 15.3 Å². The average molecular weight is 480 g/mol. The Labute approximate surface area is 200 Å². The van der Waals surface area contributed by atoms with Crippen LogP contribution in [0.15, 0.2) is 24.4 Å². The van der Waals surface area contributed by atoms with Crippen LogP contribution in [0, 0.1) is 5.92 Å². The molecule has 0 bridgehead atoms. The third kappa shape index (κ3) is 4.29. The Hall–Kier alpha value is -3.27. The van der Waals surface area contributed by atoms with Gasteiger partial charge in [-0.3, -0.25) is 9.69 Å². The van der Waals surface area contributed by atoms with E-state index in [0.29, 0.717) is 35.5 Å². The number of hydrogen-bond donors (Lipinski definition) is 1. The van der Waals surface area contributed by atoms with Crippen LogP contribution in [0.2, 0.25) is 0 Å². The predicted molar refractivity (Wildman–Crippen MR) is 128 cm³/mol. The van der Waals surface area contributed by atoms with Crippen molar-refractivity contribution in [3.63, 3.8) is 0 Å². The standard InChI is InChI=1S/C24H25N5O4S/c30-20(14-6-7-14)28-23-27-18-9-8-17(26-22(18)34-23)15-12-19-21(25-13-15)32-11-10-29(19)24(31)33-16-4-2-1-3-5-16/h8-9,12-14,16H,1-7,10-11H2,(H,27,28,30). The number of carbonyl (C=O) groups is 2. The molecule has 3 aromatic heterocycles. The zero-order chi connectivity index (χ0) is 23.1. The van der Waals surface area contributed by atoms with Crippen molar-refractivity contribution in [2.24, 2.45) is 5.92 Å². The summed E-state index contributed by atoms with van der Waals surface area (Å²) in [7, 11) is 0. The number of ether oxygens (including phenoxy) is 2. The number of nitrogens with zero attached hydrogens (tertiary/aromatic N) is 4. The number of fused-ring (bicyclic) bond motifs is 2. The number of rotatable bonds is 4. The molecule has 1 aliphatic heterocycles. The zero-order valence-electron chi connectivity index (χ0n) is 18.7. The van der Waals surface area contributed by atoms with E-state index in [-0.39, 0.29) is 24.0 Å². The number of aromatic nitrogens is 3. The summed E-state index contributed by atoms with van der Waals surface area (Å²) in [5, 5.41) is 3.45. The van der Waals surface area contributed by atoms with Crippen LogP contribution < -0.4 is 15.0 Å². The van der Waals surface area contributed by atoms with Gasteiger partial charge in [0.15, 0.2) is 5.13 Å². The molecular weight excluding hydrogens is 454 g/mol. The monoisotopic (exact) mass is 479 g/mol. The first kappa shape index (κ1) is 21.3. The average Bonchev–Trinajstić information content (AvgIpc) is 3.64. The number of hydrogen-bond acceptors (Lipinski definition) is 8. The van der Waals surface area contributed by atoms with Crippen LogP contribution in [0.25, 0.3) is 21.6 Å². The second-order valence-electron chi connectivity index (χ2n) is 9.00. The van der Waals surface area contributed by atoms with Gasteiger partial charge in [0, 0.05) is 17.7 Å². The molecule has 176 valence electrons. The highest BCUT2D eigenvalue weighted by molar-refractivity contribution is 7.22. The first-order valence-electron chi connectivity index (χ1n) is 11.8. The van der Waals surface area contributed by atoms with Gasteiger partial charge in [0.25, 0.3) is 0 Å². The number of thiazole rings is 1. The highest BCUT2D eigenvalue weighted by atomic mass is 32.1. The molecule has 6 rings (SSSR count). The minimum atomic E-state index is -0.350. The molecule has 0 aromatic carbocycles. The van der Waals surface area contributed by atoms with Gasteiger partial charge < -0.3 is 14.8 Å². The van der Waals surface area contributed by atoms with E-state index in [1.165, 1.54) is 17.8 Å². The zero-order valence-corrected chi connectivity index (χ0v) is 19.5. The first-order valence-corrected chi connectivity index (χ1v) is 12.7. The molecule has 0 spiro atoms.